The van der Waals surface area contributed by atoms with Crippen molar-refractivity contribution < 1.29 is 0 Å². The van der Waals surface area contributed by atoms with Gasteiger partial charge in [0.25, 0.3) is 0 Å². The summed E-state index contributed by atoms with van der Waals surface area (Å²) in [5.41, 5.74) is 7.92. The van der Waals surface area contributed by atoms with Gasteiger partial charge in [-0.15, -0.1) is 0 Å². The smallest absolute Gasteiger partial charge is 0.226 e. The van der Waals surface area contributed by atoms with Crippen LogP contribution in [0.1, 0.15) is 0 Å². The third-order valence-corrected chi connectivity index (χ3v) is 3.33. The summed E-state index contributed by atoms with van der Waals surface area (Å²) >= 11 is 5.96. The van der Waals surface area contributed by atoms with Gasteiger partial charge >= 0.3 is 0 Å². The van der Waals surface area contributed by atoms with Crippen molar-refractivity contribution in [3.8, 4) is 0 Å². The largest absolute Gasteiger partial charge is 0.382 e. The molecule has 0 bridgehead atoms. The van der Waals surface area contributed by atoms with E-state index in [9.17, 15) is 0 Å². The molecule has 4 aromatic heterocycles. The van der Waals surface area contributed by atoms with E-state index < -0.39 is 0 Å². The van der Waals surface area contributed by atoms with Gasteiger partial charge in [-0.2, -0.15) is 9.97 Å². The molecule has 4 aromatic rings. The minimum absolute atomic E-state index is 0.108. The van der Waals surface area contributed by atoms with E-state index in [1.165, 1.54) is 6.33 Å². The Balaban J connectivity index is 2.05. The highest BCUT2D eigenvalue weighted by atomic mass is 35.5. The minimum Gasteiger partial charge on any atom is -0.382 e. The van der Waals surface area contributed by atoms with Crippen molar-refractivity contribution in [2.75, 3.05) is 18.1 Å². The van der Waals surface area contributed by atoms with Crippen molar-refractivity contribution in [2.24, 2.45) is 0 Å². The van der Waals surface area contributed by atoms with Gasteiger partial charge in [0, 0.05) is 7.05 Å². The van der Waals surface area contributed by atoms with E-state index in [2.05, 4.69) is 35.2 Å². The second-order valence-corrected chi connectivity index (χ2v) is 4.71. The molecule has 22 heavy (non-hydrogen) atoms. The Kier molecular flexibility index (Phi) is 2.60. The van der Waals surface area contributed by atoms with Gasteiger partial charge in [-0.05, 0) is 11.6 Å². The molecule has 0 spiro atoms. The molecular weight excluding hydrogens is 308 g/mol. The van der Waals surface area contributed by atoms with Crippen LogP contribution in [-0.4, -0.2) is 46.3 Å². The van der Waals surface area contributed by atoms with Crippen LogP contribution in [0, 0.1) is 0 Å². The molecular formula is C11H9ClN10. The van der Waals surface area contributed by atoms with Crippen molar-refractivity contribution in [3.05, 3.63) is 24.3 Å². The van der Waals surface area contributed by atoms with Gasteiger partial charge in [-0.1, -0.05) is 0 Å². The van der Waals surface area contributed by atoms with Crippen LogP contribution in [0.2, 0.25) is 5.28 Å². The maximum absolute atomic E-state index is 5.96. The predicted molar refractivity (Wildman–Crippen MR) is 80.4 cm³/mol. The highest BCUT2D eigenvalue weighted by Gasteiger charge is 2.15. The van der Waals surface area contributed by atoms with E-state index in [0.29, 0.717) is 34.0 Å². The number of nitrogens with two attached hydrogens (primary N) is 1. The monoisotopic (exact) mass is 316 g/mol. The maximum atomic E-state index is 5.96. The summed E-state index contributed by atoms with van der Waals surface area (Å²) in [7, 11) is 1.73. The number of fused-ring (bicyclic) bond motifs is 2. The van der Waals surface area contributed by atoms with E-state index in [1.807, 2.05) is 0 Å². The molecule has 0 saturated heterocycles. The average molecular weight is 317 g/mol. The first-order chi connectivity index (χ1) is 10.7. The number of hydrogen-bond donors (Lipinski definition) is 2. The zero-order valence-corrected chi connectivity index (χ0v) is 12.0. The van der Waals surface area contributed by atoms with Crippen LogP contribution in [0.3, 0.4) is 0 Å². The molecule has 0 aliphatic rings. The molecule has 11 heteroatoms. The Labute approximate surface area is 128 Å². The lowest BCUT2D eigenvalue weighted by atomic mass is 10.5. The first-order valence-corrected chi connectivity index (χ1v) is 6.59. The predicted octanol–water partition coefficient (Wildman–Crippen LogP) is 0.555. The minimum atomic E-state index is 0.108. The SMILES string of the molecule is CNc1nc(Cl)nc2c1ncn2-n1cnc2c(N)ncnc21. The lowest BCUT2D eigenvalue weighted by Gasteiger charge is -2.06. The Morgan fingerprint density at radius 1 is 1.00 bits per heavy atom. The molecule has 0 amide bonds. The molecule has 3 N–H and O–H groups in total. The zero-order chi connectivity index (χ0) is 15.3. The van der Waals surface area contributed by atoms with E-state index in [1.54, 1.807) is 29.1 Å². The van der Waals surface area contributed by atoms with Gasteiger partial charge in [0.1, 0.15) is 19.0 Å². The van der Waals surface area contributed by atoms with E-state index >= 15 is 0 Å². The number of imidazole rings is 2. The lowest BCUT2D eigenvalue weighted by molar-refractivity contribution is 0.687. The van der Waals surface area contributed by atoms with Crippen LogP contribution in [0.15, 0.2) is 19.0 Å². The van der Waals surface area contributed by atoms with Gasteiger partial charge in [0.2, 0.25) is 5.28 Å². The van der Waals surface area contributed by atoms with Gasteiger partial charge in [-0.3, -0.25) is 0 Å². The quantitative estimate of drug-likeness (QED) is 0.514. The normalized spacial score (nSPS) is 11.4. The molecule has 10 nitrogen and oxygen atoms in total. The Morgan fingerprint density at radius 3 is 2.50 bits per heavy atom. The third-order valence-electron chi connectivity index (χ3n) is 3.16. The fourth-order valence-corrected chi connectivity index (χ4v) is 2.36. The second kappa shape index (κ2) is 4.49. The number of nitrogen functional groups attached to an aromatic ring is 1. The average Bonchev–Trinajstić information content (AvgIpc) is 3.10. The molecule has 0 atom stereocenters. The van der Waals surface area contributed by atoms with Gasteiger partial charge in [0.05, 0.1) is 0 Å². The van der Waals surface area contributed by atoms with Crippen molar-refractivity contribution in [1.82, 2.24) is 39.3 Å². The fraction of sp³-hybridized carbons (Fsp3) is 0.0909. The fourth-order valence-electron chi connectivity index (χ4n) is 2.19. The molecule has 0 aliphatic carbocycles. The number of rotatable bonds is 2. The molecule has 0 aliphatic heterocycles. The Hall–Kier alpha value is -3.01. The van der Waals surface area contributed by atoms with Crippen molar-refractivity contribution in [3.63, 3.8) is 0 Å². The molecule has 0 radical (unpaired) electrons. The number of nitrogens with zero attached hydrogens (tertiary/aromatic N) is 8. The summed E-state index contributed by atoms with van der Waals surface area (Å²) in [4.78, 5) is 24.9. The maximum Gasteiger partial charge on any atom is 0.226 e. The number of hydrogen-bond acceptors (Lipinski definition) is 8. The number of anilines is 2. The molecule has 0 aromatic carbocycles. The number of halogens is 1. The molecule has 0 unspecified atom stereocenters. The summed E-state index contributed by atoms with van der Waals surface area (Å²) < 4.78 is 3.32. The number of nitrogens with one attached hydrogen (secondary N) is 1. The standard InChI is InChI=1S/C11H9ClN10/c1-14-8-6-10(20-11(12)19-8)22(4-18-6)21-3-17-5-7(13)15-2-16-9(5)21/h2-4H,1H3,(H2,13,15,16)(H,14,19,20). The van der Waals surface area contributed by atoms with Gasteiger partial charge < -0.3 is 11.1 Å². The molecule has 110 valence electrons. The Bertz CT molecular complexity index is 1000. The van der Waals surface area contributed by atoms with Crippen molar-refractivity contribution >= 4 is 45.6 Å². The summed E-state index contributed by atoms with van der Waals surface area (Å²) in [6, 6.07) is 0. The molecule has 4 heterocycles. The topological polar surface area (TPSA) is 125 Å². The van der Waals surface area contributed by atoms with Crippen LogP contribution in [0.4, 0.5) is 11.6 Å². The first kappa shape index (κ1) is 12.7. The first-order valence-electron chi connectivity index (χ1n) is 6.21. The molecule has 0 fully saturated rings. The molecule has 0 saturated carbocycles. The van der Waals surface area contributed by atoms with Crippen LogP contribution < -0.4 is 11.1 Å². The zero-order valence-electron chi connectivity index (χ0n) is 11.3. The summed E-state index contributed by atoms with van der Waals surface area (Å²) in [6.45, 7) is 0. The lowest BCUT2D eigenvalue weighted by Crippen LogP contribution is -2.09. The highest BCUT2D eigenvalue weighted by Crippen LogP contribution is 2.22. The van der Waals surface area contributed by atoms with E-state index in [4.69, 9.17) is 17.3 Å². The van der Waals surface area contributed by atoms with Crippen molar-refractivity contribution in [1.29, 1.82) is 0 Å². The van der Waals surface area contributed by atoms with E-state index in [0.717, 1.165) is 0 Å². The van der Waals surface area contributed by atoms with Gasteiger partial charge in [0.15, 0.2) is 34.0 Å². The van der Waals surface area contributed by atoms with E-state index in [-0.39, 0.29) is 5.28 Å². The van der Waals surface area contributed by atoms with Gasteiger partial charge in [-0.25, -0.2) is 29.3 Å². The van der Waals surface area contributed by atoms with Crippen LogP contribution in [-0.2, 0) is 0 Å². The number of aromatic nitrogens is 8. The second-order valence-electron chi connectivity index (χ2n) is 4.37. The Morgan fingerprint density at radius 2 is 1.73 bits per heavy atom. The van der Waals surface area contributed by atoms with Crippen LogP contribution in [0.5, 0.6) is 0 Å². The third kappa shape index (κ3) is 1.67. The van der Waals surface area contributed by atoms with Crippen LogP contribution in [0.25, 0.3) is 22.3 Å². The summed E-state index contributed by atoms with van der Waals surface area (Å²) in [5.74, 6) is 0.837. The van der Waals surface area contributed by atoms with Crippen LogP contribution >= 0.6 is 11.6 Å². The highest BCUT2D eigenvalue weighted by molar-refractivity contribution is 6.28. The van der Waals surface area contributed by atoms with Crippen molar-refractivity contribution in [2.45, 2.75) is 0 Å². The summed E-state index contributed by atoms with van der Waals surface area (Å²) in [6.07, 6.45) is 4.51. The summed E-state index contributed by atoms with van der Waals surface area (Å²) in [5, 5.41) is 3.04. The molecule has 4 rings (SSSR count).